The fraction of sp³-hybridized carbons (Fsp3) is 0.600. The highest BCUT2D eigenvalue weighted by Crippen LogP contribution is 2.28. The van der Waals surface area contributed by atoms with Crippen molar-refractivity contribution < 1.29 is 0 Å². The van der Waals surface area contributed by atoms with Crippen molar-refractivity contribution in [1.82, 2.24) is 5.32 Å². The molecule has 0 spiro atoms. The molecule has 94 valence electrons. The summed E-state index contributed by atoms with van der Waals surface area (Å²) in [4.78, 5) is 2.48. The molecule has 2 rings (SSSR count). The zero-order valence-corrected chi connectivity index (χ0v) is 11.5. The number of nitrogens with zero attached hydrogens (tertiary/aromatic N) is 1. The van der Waals surface area contributed by atoms with Crippen molar-refractivity contribution in [2.24, 2.45) is 0 Å². The van der Waals surface area contributed by atoms with Crippen LogP contribution in [-0.2, 0) is 5.41 Å². The maximum atomic E-state index is 3.40. The van der Waals surface area contributed by atoms with Gasteiger partial charge in [0, 0.05) is 31.9 Å². The molecule has 1 heterocycles. The molecule has 1 aliphatic rings. The molecule has 2 nitrogen and oxygen atoms in total. The van der Waals surface area contributed by atoms with Gasteiger partial charge in [-0.2, -0.15) is 0 Å². The van der Waals surface area contributed by atoms with Gasteiger partial charge in [-0.25, -0.2) is 0 Å². The Morgan fingerprint density at radius 3 is 2.29 bits per heavy atom. The third-order valence-corrected chi connectivity index (χ3v) is 3.52. The second-order valence-corrected chi connectivity index (χ2v) is 5.99. The monoisotopic (exact) mass is 232 g/mol. The second-order valence-electron chi connectivity index (χ2n) is 5.99. The normalized spacial score (nSPS) is 17.3. The molecular formula is C15H24N2. The highest BCUT2D eigenvalue weighted by atomic mass is 15.2. The van der Waals surface area contributed by atoms with Gasteiger partial charge in [-0.3, -0.25) is 0 Å². The second kappa shape index (κ2) is 4.69. The minimum atomic E-state index is 0.243. The SMILES string of the molecule is Cc1cc(C(C)(C)C)ccc1N1CCNCC1. The van der Waals surface area contributed by atoms with Crippen molar-refractivity contribution in [3.8, 4) is 0 Å². The molecule has 1 aromatic carbocycles. The number of benzene rings is 1. The summed E-state index contributed by atoms with van der Waals surface area (Å²) in [5.74, 6) is 0. The van der Waals surface area contributed by atoms with Crippen LogP contribution in [0.1, 0.15) is 31.9 Å². The Labute approximate surface area is 105 Å². The molecule has 1 fully saturated rings. The number of hydrogen-bond donors (Lipinski definition) is 1. The number of rotatable bonds is 1. The van der Waals surface area contributed by atoms with Gasteiger partial charge in [-0.1, -0.05) is 32.9 Å². The van der Waals surface area contributed by atoms with Gasteiger partial charge >= 0.3 is 0 Å². The number of nitrogens with one attached hydrogen (secondary N) is 1. The van der Waals surface area contributed by atoms with Gasteiger partial charge < -0.3 is 10.2 Å². The molecule has 0 aromatic heterocycles. The van der Waals surface area contributed by atoms with Crippen molar-refractivity contribution in [3.63, 3.8) is 0 Å². The Balaban J connectivity index is 2.25. The highest BCUT2D eigenvalue weighted by molar-refractivity contribution is 5.55. The summed E-state index contributed by atoms with van der Waals surface area (Å²) in [7, 11) is 0. The van der Waals surface area contributed by atoms with E-state index in [4.69, 9.17) is 0 Å². The number of aryl methyl sites for hydroxylation is 1. The minimum absolute atomic E-state index is 0.243. The Morgan fingerprint density at radius 2 is 1.76 bits per heavy atom. The van der Waals surface area contributed by atoms with Crippen LogP contribution in [0, 0.1) is 6.92 Å². The number of piperazine rings is 1. The smallest absolute Gasteiger partial charge is 0.0397 e. The summed E-state index contributed by atoms with van der Waals surface area (Å²) in [6, 6.07) is 6.92. The topological polar surface area (TPSA) is 15.3 Å². The van der Waals surface area contributed by atoms with Crippen molar-refractivity contribution in [2.45, 2.75) is 33.1 Å². The summed E-state index contributed by atoms with van der Waals surface area (Å²) >= 11 is 0. The molecule has 0 amide bonds. The van der Waals surface area contributed by atoms with Crippen LogP contribution in [0.4, 0.5) is 5.69 Å². The number of hydrogen-bond acceptors (Lipinski definition) is 2. The van der Waals surface area contributed by atoms with Crippen molar-refractivity contribution in [1.29, 1.82) is 0 Å². The molecule has 2 heteroatoms. The zero-order chi connectivity index (χ0) is 12.5. The van der Waals surface area contributed by atoms with Crippen molar-refractivity contribution in [2.75, 3.05) is 31.1 Å². The predicted molar refractivity (Wildman–Crippen MR) is 75.0 cm³/mol. The van der Waals surface area contributed by atoms with Gasteiger partial charge in [0.05, 0.1) is 0 Å². The molecule has 0 atom stereocenters. The zero-order valence-electron chi connectivity index (χ0n) is 11.5. The third kappa shape index (κ3) is 2.81. The molecule has 1 aromatic rings. The summed E-state index contributed by atoms with van der Waals surface area (Å²) in [6.45, 7) is 13.5. The van der Waals surface area contributed by atoms with E-state index in [1.165, 1.54) is 16.8 Å². The highest BCUT2D eigenvalue weighted by Gasteiger charge is 2.17. The Bertz CT molecular complexity index is 384. The summed E-state index contributed by atoms with van der Waals surface area (Å²) < 4.78 is 0. The first-order valence-corrected chi connectivity index (χ1v) is 6.55. The van der Waals surface area contributed by atoms with Crippen LogP contribution >= 0.6 is 0 Å². The van der Waals surface area contributed by atoms with Gasteiger partial charge in [0.25, 0.3) is 0 Å². The minimum Gasteiger partial charge on any atom is -0.369 e. The molecule has 17 heavy (non-hydrogen) atoms. The lowest BCUT2D eigenvalue weighted by atomic mass is 9.86. The van der Waals surface area contributed by atoms with Crippen LogP contribution < -0.4 is 10.2 Å². The molecule has 0 unspecified atom stereocenters. The molecule has 1 N–H and O–H groups in total. The fourth-order valence-electron chi connectivity index (χ4n) is 2.38. The van der Waals surface area contributed by atoms with Crippen LogP contribution in [0.5, 0.6) is 0 Å². The number of anilines is 1. The van der Waals surface area contributed by atoms with Gasteiger partial charge in [0.15, 0.2) is 0 Å². The first-order valence-electron chi connectivity index (χ1n) is 6.55. The largest absolute Gasteiger partial charge is 0.369 e. The van der Waals surface area contributed by atoms with E-state index < -0.39 is 0 Å². The molecule has 1 saturated heterocycles. The van der Waals surface area contributed by atoms with Crippen molar-refractivity contribution >= 4 is 5.69 Å². The van der Waals surface area contributed by atoms with E-state index >= 15 is 0 Å². The maximum Gasteiger partial charge on any atom is 0.0397 e. The lowest BCUT2D eigenvalue weighted by molar-refractivity contribution is 0.582. The Morgan fingerprint density at radius 1 is 1.12 bits per heavy atom. The van der Waals surface area contributed by atoms with E-state index in [1.807, 2.05) is 0 Å². The third-order valence-electron chi connectivity index (χ3n) is 3.52. The van der Waals surface area contributed by atoms with E-state index in [-0.39, 0.29) is 5.41 Å². The Hall–Kier alpha value is -1.02. The first kappa shape index (κ1) is 12.4. The van der Waals surface area contributed by atoms with E-state index in [0.717, 1.165) is 26.2 Å². The average Bonchev–Trinajstić information content (AvgIpc) is 2.29. The fourth-order valence-corrected chi connectivity index (χ4v) is 2.38. The molecule has 1 aliphatic heterocycles. The van der Waals surface area contributed by atoms with Gasteiger partial charge in [-0.05, 0) is 29.5 Å². The summed E-state index contributed by atoms with van der Waals surface area (Å²) in [5, 5.41) is 3.40. The maximum absolute atomic E-state index is 3.40. The van der Waals surface area contributed by atoms with E-state index in [9.17, 15) is 0 Å². The van der Waals surface area contributed by atoms with Gasteiger partial charge in [0.2, 0.25) is 0 Å². The van der Waals surface area contributed by atoms with Crippen LogP contribution in [0.3, 0.4) is 0 Å². The molecule has 0 aliphatic carbocycles. The first-order chi connectivity index (χ1) is 7.98. The van der Waals surface area contributed by atoms with Crippen LogP contribution in [-0.4, -0.2) is 26.2 Å². The lowest BCUT2D eigenvalue weighted by Crippen LogP contribution is -2.43. The quantitative estimate of drug-likeness (QED) is 0.801. The van der Waals surface area contributed by atoms with Crippen LogP contribution in [0.2, 0.25) is 0 Å². The summed E-state index contributed by atoms with van der Waals surface area (Å²) in [6.07, 6.45) is 0. The van der Waals surface area contributed by atoms with Crippen LogP contribution in [0.25, 0.3) is 0 Å². The average molecular weight is 232 g/mol. The van der Waals surface area contributed by atoms with E-state index in [0.29, 0.717) is 0 Å². The lowest BCUT2D eigenvalue weighted by Gasteiger charge is -2.31. The Kier molecular flexibility index (Phi) is 3.43. The molecule has 0 saturated carbocycles. The van der Waals surface area contributed by atoms with E-state index in [1.54, 1.807) is 0 Å². The van der Waals surface area contributed by atoms with Gasteiger partial charge in [-0.15, -0.1) is 0 Å². The predicted octanol–water partition coefficient (Wildman–Crippen LogP) is 2.70. The van der Waals surface area contributed by atoms with Crippen LogP contribution in [0.15, 0.2) is 18.2 Å². The van der Waals surface area contributed by atoms with E-state index in [2.05, 4.69) is 56.1 Å². The van der Waals surface area contributed by atoms with Crippen molar-refractivity contribution in [3.05, 3.63) is 29.3 Å². The molecular weight excluding hydrogens is 208 g/mol. The molecule has 0 radical (unpaired) electrons. The molecule has 0 bridgehead atoms. The standard InChI is InChI=1S/C15H24N2/c1-12-11-13(15(2,3)4)5-6-14(12)17-9-7-16-8-10-17/h5-6,11,16H,7-10H2,1-4H3. The van der Waals surface area contributed by atoms with Gasteiger partial charge in [0.1, 0.15) is 0 Å². The summed E-state index contributed by atoms with van der Waals surface area (Å²) in [5.41, 5.74) is 4.47.